The van der Waals surface area contributed by atoms with Gasteiger partial charge in [-0.3, -0.25) is 0 Å². The molecule has 6 heteroatoms. The molecule has 0 N–H and O–H groups in total. The van der Waals surface area contributed by atoms with Gasteiger partial charge in [-0.25, -0.2) is 15.0 Å². The molecule has 13 aromatic rings. The topological polar surface area (TPSA) is 61.7 Å². The normalized spacial score (nSPS) is 13.1. The number of hydrogen-bond acceptors (Lipinski definition) is 4. The number of nitrogens with zero attached hydrogens (tertiary/aromatic N) is 5. The second-order valence-electron chi connectivity index (χ2n) is 15.5. The highest BCUT2D eigenvalue weighted by atomic mass is 16.3. The Morgan fingerprint density at radius 1 is 0.397 bits per heavy atom. The average molecular weight is 812 g/mol. The van der Waals surface area contributed by atoms with Crippen molar-refractivity contribution in [1.29, 1.82) is 0 Å². The molecule has 63 heavy (non-hydrogen) atoms. The van der Waals surface area contributed by atoms with Gasteiger partial charge in [-0.1, -0.05) is 152 Å². The minimum Gasteiger partial charge on any atom is -0.455 e. The van der Waals surface area contributed by atoms with Gasteiger partial charge in [-0.05, 0) is 60.6 Å². The van der Waals surface area contributed by atoms with E-state index in [1.165, 1.54) is 12.1 Å². The van der Waals surface area contributed by atoms with E-state index in [0.29, 0.717) is 51.0 Å². The maximum atomic E-state index is 9.30. The molecule has 0 saturated carbocycles. The minimum absolute atomic E-state index is 0.0538. The third kappa shape index (κ3) is 5.48. The summed E-state index contributed by atoms with van der Waals surface area (Å²) >= 11 is 0. The molecule has 0 amide bonds. The lowest BCUT2D eigenvalue weighted by atomic mass is 9.97. The van der Waals surface area contributed by atoms with Crippen molar-refractivity contribution in [3.05, 3.63) is 212 Å². The fraction of sp³-hybridized carbons (Fsp3) is 0. The Balaban J connectivity index is 1.12. The summed E-state index contributed by atoms with van der Waals surface area (Å²) in [5.41, 5.74) is 9.05. The molecule has 9 aromatic carbocycles. The monoisotopic (exact) mass is 811 g/mol. The van der Waals surface area contributed by atoms with Crippen molar-refractivity contribution >= 4 is 65.6 Å². The summed E-state index contributed by atoms with van der Waals surface area (Å²) in [5, 5.41) is 4.22. The molecule has 4 aromatic heterocycles. The summed E-state index contributed by atoms with van der Waals surface area (Å²) in [6.07, 6.45) is 0. The van der Waals surface area contributed by atoms with Gasteiger partial charge in [0.05, 0.1) is 36.0 Å². The number of benzene rings is 9. The van der Waals surface area contributed by atoms with E-state index < -0.39 is 0 Å². The van der Waals surface area contributed by atoms with E-state index >= 15 is 0 Å². The number of para-hydroxylation sites is 6. The zero-order valence-corrected chi connectivity index (χ0v) is 33.4. The number of rotatable bonds is 6. The van der Waals surface area contributed by atoms with Gasteiger partial charge >= 0.3 is 0 Å². The Labute approximate surface area is 370 Å². The third-order valence-electron chi connectivity index (χ3n) is 11.9. The highest BCUT2D eigenvalue weighted by molar-refractivity contribution is 6.16. The van der Waals surface area contributed by atoms with Crippen LogP contribution in [0, 0.1) is 0 Å². The molecular formula is C57H35N5O. The first-order valence-electron chi connectivity index (χ1n) is 23.7. The molecule has 0 atom stereocenters. The van der Waals surface area contributed by atoms with E-state index in [4.69, 9.17) is 24.9 Å². The Kier molecular flexibility index (Phi) is 6.56. The molecule has 0 aliphatic rings. The average Bonchev–Trinajstić information content (AvgIpc) is 4.07. The number of aromatic nitrogens is 5. The van der Waals surface area contributed by atoms with Crippen molar-refractivity contribution in [1.82, 2.24) is 24.1 Å². The van der Waals surface area contributed by atoms with Crippen LogP contribution in [0.3, 0.4) is 0 Å². The van der Waals surface area contributed by atoms with Gasteiger partial charge in [0.15, 0.2) is 17.5 Å². The summed E-state index contributed by atoms with van der Waals surface area (Å²) in [7, 11) is 0. The predicted molar refractivity (Wildman–Crippen MR) is 258 cm³/mol. The minimum atomic E-state index is -0.186. The first kappa shape index (κ1) is 29.6. The summed E-state index contributed by atoms with van der Waals surface area (Å²) in [5.74, 6) is 1.36. The molecule has 0 aliphatic heterocycles. The second kappa shape index (κ2) is 14.0. The molecule has 0 bridgehead atoms. The van der Waals surface area contributed by atoms with Crippen LogP contribution in [0.1, 0.15) is 8.22 Å². The number of furan rings is 1. The maximum Gasteiger partial charge on any atom is 0.164 e. The van der Waals surface area contributed by atoms with Crippen LogP contribution in [0.5, 0.6) is 0 Å². The molecule has 0 unspecified atom stereocenters. The van der Waals surface area contributed by atoms with Crippen LogP contribution in [0.25, 0.3) is 122 Å². The van der Waals surface area contributed by atoms with Crippen molar-refractivity contribution in [3.8, 4) is 56.7 Å². The van der Waals surface area contributed by atoms with Crippen LogP contribution in [-0.4, -0.2) is 24.1 Å². The quantitative estimate of drug-likeness (QED) is 0.168. The molecule has 294 valence electrons. The van der Waals surface area contributed by atoms with Crippen LogP contribution in [0.4, 0.5) is 0 Å². The van der Waals surface area contributed by atoms with Crippen molar-refractivity contribution in [3.63, 3.8) is 0 Å². The van der Waals surface area contributed by atoms with E-state index in [1.807, 2.05) is 127 Å². The zero-order chi connectivity index (χ0) is 46.7. The molecule has 0 spiro atoms. The van der Waals surface area contributed by atoms with E-state index in [0.717, 1.165) is 49.4 Å². The SMILES string of the molecule is [2H]c1cc([2H])c2c(c1[2H])c1c([2H])c([2H])cc([2H])c1n2-c1ccc(-c2nc(-c3ccccc3)nc(-c3cccc4c3c3ccccc3n4-c3ccccc3)n2)cc1-c1cccc2c1oc1ccccc12. The molecule has 0 saturated heterocycles. The van der Waals surface area contributed by atoms with Crippen molar-refractivity contribution in [2.24, 2.45) is 0 Å². The lowest BCUT2D eigenvalue weighted by Crippen LogP contribution is -2.02. The van der Waals surface area contributed by atoms with Gasteiger partial charge in [-0.15, -0.1) is 0 Å². The van der Waals surface area contributed by atoms with Crippen LogP contribution >= 0.6 is 0 Å². The smallest absolute Gasteiger partial charge is 0.164 e. The van der Waals surface area contributed by atoms with E-state index in [1.54, 1.807) is 4.57 Å². The van der Waals surface area contributed by atoms with Gasteiger partial charge in [0.1, 0.15) is 11.2 Å². The van der Waals surface area contributed by atoms with Crippen molar-refractivity contribution in [2.45, 2.75) is 0 Å². The van der Waals surface area contributed by atoms with Crippen LogP contribution in [0.2, 0.25) is 0 Å². The lowest BCUT2D eigenvalue weighted by Gasteiger charge is -2.16. The standard InChI is InChI=1S/C57H35N5O/c1-3-17-36(18-4-1)55-58-56(60-57(59-55)45-27-16-31-51-53(45)44-24-9-13-30-49(44)61(51)38-19-5-2-6-20-38)37-33-34-50(62-47-28-11-7-21-39(47)40-22-8-12-29-48(40)62)46(35-37)43-26-15-25-42-41-23-10-14-32-52(41)63-54(42)43/h1-35H/i7D,8D,21D,22D,28D,29D. The highest BCUT2D eigenvalue weighted by Gasteiger charge is 2.23. The summed E-state index contributed by atoms with van der Waals surface area (Å²) in [6.45, 7) is 0. The van der Waals surface area contributed by atoms with E-state index in [9.17, 15) is 2.74 Å². The second-order valence-corrected chi connectivity index (χ2v) is 15.5. The van der Waals surface area contributed by atoms with Crippen LogP contribution in [-0.2, 0) is 0 Å². The van der Waals surface area contributed by atoms with Crippen LogP contribution < -0.4 is 0 Å². The Bertz CT molecular complexity index is 4210. The lowest BCUT2D eigenvalue weighted by molar-refractivity contribution is 0.670. The molecule has 0 aliphatic carbocycles. The Morgan fingerprint density at radius 3 is 1.81 bits per heavy atom. The van der Waals surface area contributed by atoms with Crippen molar-refractivity contribution in [2.75, 3.05) is 0 Å². The van der Waals surface area contributed by atoms with Crippen molar-refractivity contribution < 1.29 is 12.6 Å². The van der Waals surface area contributed by atoms with Gasteiger partial charge in [0.25, 0.3) is 0 Å². The number of hydrogen-bond donors (Lipinski definition) is 0. The third-order valence-corrected chi connectivity index (χ3v) is 11.9. The molecule has 6 nitrogen and oxygen atoms in total. The first-order chi connectivity index (χ1) is 33.7. The molecule has 0 radical (unpaired) electrons. The Morgan fingerprint density at radius 2 is 1.02 bits per heavy atom. The zero-order valence-electron chi connectivity index (χ0n) is 39.4. The predicted octanol–water partition coefficient (Wildman–Crippen LogP) is 14.6. The molecule has 4 heterocycles. The van der Waals surface area contributed by atoms with Gasteiger partial charge in [0.2, 0.25) is 0 Å². The molecular weight excluding hydrogens is 771 g/mol. The largest absolute Gasteiger partial charge is 0.455 e. The number of fused-ring (bicyclic) bond motifs is 9. The molecule has 0 fully saturated rings. The van der Waals surface area contributed by atoms with Gasteiger partial charge in [-0.2, -0.15) is 0 Å². The maximum absolute atomic E-state index is 9.30. The van der Waals surface area contributed by atoms with E-state index in [2.05, 4.69) is 41.0 Å². The van der Waals surface area contributed by atoms with Crippen LogP contribution in [0.15, 0.2) is 217 Å². The highest BCUT2D eigenvalue weighted by Crippen LogP contribution is 2.43. The van der Waals surface area contributed by atoms with E-state index in [-0.39, 0.29) is 58.1 Å². The Hall–Kier alpha value is -8.61. The molecule has 13 rings (SSSR count). The summed E-state index contributed by atoms with van der Waals surface area (Å²) in [4.78, 5) is 15.7. The summed E-state index contributed by atoms with van der Waals surface area (Å²) < 4.78 is 64.8. The van der Waals surface area contributed by atoms with Gasteiger partial charge < -0.3 is 13.6 Å². The fourth-order valence-corrected chi connectivity index (χ4v) is 9.20. The first-order valence-corrected chi connectivity index (χ1v) is 20.7. The summed E-state index contributed by atoms with van der Waals surface area (Å²) in [6, 6.07) is 56.1. The fourth-order valence-electron chi connectivity index (χ4n) is 9.20. The van der Waals surface area contributed by atoms with Gasteiger partial charge in [0, 0.05) is 65.8 Å².